The lowest BCUT2D eigenvalue weighted by atomic mass is 10.0. The molecule has 0 unspecified atom stereocenters. The van der Waals surface area contributed by atoms with Crippen LogP contribution >= 0.6 is 0 Å². The SMILES string of the molecule is CN(C)[C@@H](C(=O)NCCCc1nc2ccccc2n1C)c1cccc(F)c1. The maximum atomic E-state index is 13.5. The van der Waals surface area contributed by atoms with Crippen LogP contribution in [0.15, 0.2) is 48.5 Å². The highest BCUT2D eigenvalue weighted by Crippen LogP contribution is 2.19. The Bertz CT molecular complexity index is 935. The maximum absolute atomic E-state index is 13.5. The average Bonchev–Trinajstić information content (AvgIpc) is 2.95. The number of amides is 1. The number of benzene rings is 2. The van der Waals surface area contributed by atoms with E-state index in [2.05, 4.69) is 14.9 Å². The minimum absolute atomic E-state index is 0.129. The van der Waals surface area contributed by atoms with Crippen molar-refractivity contribution in [3.8, 4) is 0 Å². The Morgan fingerprint density at radius 1 is 1.22 bits per heavy atom. The molecule has 142 valence electrons. The van der Waals surface area contributed by atoms with E-state index in [1.165, 1.54) is 12.1 Å². The molecule has 0 fully saturated rings. The number of likely N-dealkylation sites (N-methyl/N-ethyl adjacent to an activating group) is 1. The zero-order valence-electron chi connectivity index (χ0n) is 15.9. The predicted molar refractivity (Wildman–Crippen MR) is 105 cm³/mol. The molecule has 1 aromatic heterocycles. The van der Waals surface area contributed by atoms with Crippen LogP contribution in [0.1, 0.15) is 23.9 Å². The lowest BCUT2D eigenvalue weighted by Gasteiger charge is -2.24. The number of nitrogens with one attached hydrogen (secondary N) is 1. The van der Waals surface area contributed by atoms with Gasteiger partial charge >= 0.3 is 0 Å². The van der Waals surface area contributed by atoms with Gasteiger partial charge < -0.3 is 9.88 Å². The summed E-state index contributed by atoms with van der Waals surface area (Å²) in [6.07, 6.45) is 1.56. The minimum atomic E-state index is -0.517. The van der Waals surface area contributed by atoms with Gasteiger partial charge in [0.1, 0.15) is 17.7 Å². The van der Waals surface area contributed by atoms with Crippen LogP contribution in [-0.4, -0.2) is 41.0 Å². The largest absolute Gasteiger partial charge is 0.354 e. The van der Waals surface area contributed by atoms with Gasteiger partial charge in [0.25, 0.3) is 0 Å². The van der Waals surface area contributed by atoms with E-state index in [1.54, 1.807) is 17.0 Å². The van der Waals surface area contributed by atoms with Crippen LogP contribution in [0.25, 0.3) is 11.0 Å². The van der Waals surface area contributed by atoms with Gasteiger partial charge in [0.15, 0.2) is 0 Å². The normalized spacial score (nSPS) is 12.5. The fraction of sp³-hybridized carbons (Fsp3) is 0.333. The molecule has 1 heterocycles. The van der Waals surface area contributed by atoms with Crippen LogP contribution < -0.4 is 5.32 Å². The van der Waals surface area contributed by atoms with Crippen molar-refractivity contribution in [3.05, 3.63) is 65.7 Å². The molecule has 0 bridgehead atoms. The summed E-state index contributed by atoms with van der Waals surface area (Å²) in [6, 6.07) is 13.7. The highest BCUT2D eigenvalue weighted by atomic mass is 19.1. The number of carbonyl (C=O) groups excluding carboxylic acids is 1. The van der Waals surface area contributed by atoms with Crippen LogP contribution in [-0.2, 0) is 18.3 Å². The Morgan fingerprint density at radius 2 is 2.00 bits per heavy atom. The van der Waals surface area contributed by atoms with E-state index in [4.69, 9.17) is 0 Å². The molecule has 0 aliphatic carbocycles. The third-order valence-corrected chi connectivity index (χ3v) is 4.69. The van der Waals surface area contributed by atoms with Gasteiger partial charge in [-0.2, -0.15) is 0 Å². The summed E-state index contributed by atoms with van der Waals surface area (Å²) in [7, 11) is 5.64. The topological polar surface area (TPSA) is 50.2 Å². The molecule has 2 aromatic carbocycles. The van der Waals surface area contributed by atoms with Crippen LogP contribution in [0.3, 0.4) is 0 Å². The first-order chi connectivity index (χ1) is 13.0. The Hall–Kier alpha value is -2.73. The standard InChI is InChI=1S/C21H25FN4O/c1-25(2)20(15-8-6-9-16(22)14-15)21(27)23-13-7-12-19-24-17-10-4-5-11-18(17)26(19)3/h4-6,8-11,14,20H,7,12-13H2,1-3H3,(H,23,27)/t20-/m1/s1. The second kappa shape index (κ2) is 8.31. The number of aryl methyl sites for hydroxylation is 2. The van der Waals surface area contributed by atoms with E-state index in [-0.39, 0.29) is 11.7 Å². The van der Waals surface area contributed by atoms with Crippen LogP contribution in [0.2, 0.25) is 0 Å². The van der Waals surface area contributed by atoms with E-state index in [9.17, 15) is 9.18 Å². The zero-order valence-corrected chi connectivity index (χ0v) is 15.9. The Labute approximate surface area is 158 Å². The molecule has 1 amide bonds. The average molecular weight is 368 g/mol. The van der Waals surface area contributed by atoms with E-state index in [0.717, 1.165) is 29.7 Å². The fourth-order valence-corrected chi connectivity index (χ4v) is 3.33. The lowest BCUT2D eigenvalue weighted by molar-refractivity contribution is -0.125. The fourth-order valence-electron chi connectivity index (χ4n) is 3.33. The number of hydrogen-bond acceptors (Lipinski definition) is 3. The lowest BCUT2D eigenvalue weighted by Crippen LogP contribution is -2.37. The molecular formula is C21H25FN4O. The number of halogens is 1. The molecule has 0 spiro atoms. The molecule has 1 N–H and O–H groups in total. The van der Waals surface area contributed by atoms with Crippen LogP contribution in [0, 0.1) is 5.82 Å². The molecule has 0 saturated carbocycles. The van der Waals surface area contributed by atoms with Crippen molar-refractivity contribution in [1.82, 2.24) is 19.8 Å². The number of rotatable bonds is 7. The second-order valence-corrected chi connectivity index (χ2v) is 6.89. The van der Waals surface area contributed by atoms with Crippen molar-refractivity contribution in [2.45, 2.75) is 18.9 Å². The molecule has 3 aromatic rings. The number of fused-ring (bicyclic) bond motifs is 1. The van der Waals surface area contributed by atoms with Gasteiger partial charge in [-0.15, -0.1) is 0 Å². The molecule has 1 atom stereocenters. The van der Waals surface area contributed by atoms with E-state index >= 15 is 0 Å². The highest BCUT2D eigenvalue weighted by Gasteiger charge is 2.22. The van der Waals surface area contributed by atoms with Gasteiger partial charge in [-0.1, -0.05) is 24.3 Å². The first-order valence-corrected chi connectivity index (χ1v) is 9.07. The van der Waals surface area contributed by atoms with Crippen LogP contribution in [0.4, 0.5) is 4.39 Å². The Morgan fingerprint density at radius 3 is 2.70 bits per heavy atom. The molecule has 0 aliphatic heterocycles. The molecule has 0 saturated heterocycles. The van der Waals surface area contributed by atoms with Gasteiger partial charge in [0.05, 0.1) is 11.0 Å². The zero-order chi connectivity index (χ0) is 19.4. The van der Waals surface area contributed by atoms with E-state index in [1.807, 2.05) is 45.4 Å². The van der Waals surface area contributed by atoms with Crippen molar-refractivity contribution in [2.24, 2.45) is 7.05 Å². The number of aromatic nitrogens is 2. The highest BCUT2D eigenvalue weighted by molar-refractivity contribution is 5.83. The summed E-state index contributed by atoms with van der Waals surface area (Å²) < 4.78 is 15.6. The molecule has 0 aliphatic rings. The number of nitrogens with zero attached hydrogens (tertiary/aromatic N) is 3. The smallest absolute Gasteiger partial charge is 0.241 e. The number of hydrogen-bond donors (Lipinski definition) is 1. The summed E-state index contributed by atoms with van der Waals surface area (Å²) >= 11 is 0. The van der Waals surface area contributed by atoms with Gasteiger partial charge in [-0.3, -0.25) is 9.69 Å². The van der Waals surface area contributed by atoms with Crippen LogP contribution in [0.5, 0.6) is 0 Å². The van der Waals surface area contributed by atoms with E-state index < -0.39 is 6.04 Å². The van der Waals surface area contributed by atoms with Crippen molar-refractivity contribution >= 4 is 16.9 Å². The van der Waals surface area contributed by atoms with Gasteiger partial charge in [-0.25, -0.2) is 9.37 Å². The minimum Gasteiger partial charge on any atom is -0.354 e. The van der Waals surface area contributed by atoms with Crippen molar-refractivity contribution < 1.29 is 9.18 Å². The molecule has 27 heavy (non-hydrogen) atoms. The summed E-state index contributed by atoms with van der Waals surface area (Å²) in [5.74, 6) is 0.532. The summed E-state index contributed by atoms with van der Waals surface area (Å²) in [5.41, 5.74) is 2.74. The first-order valence-electron chi connectivity index (χ1n) is 9.07. The number of imidazole rings is 1. The molecule has 6 heteroatoms. The summed E-state index contributed by atoms with van der Waals surface area (Å²) in [6.45, 7) is 0.543. The van der Waals surface area contributed by atoms with Crippen molar-refractivity contribution in [1.29, 1.82) is 0 Å². The third-order valence-electron chi connectivity index (χ3n) is 4.69. The molecule has 0 radical (unpaired) electrons. The first kappa shape index (κ1) is 19.0. The van der Waals surface area contributed by atoms with Gasteiger partial charge in [0, 0.05) is 20.0 Å². The summed E-state index contributed by atoms with van der Waals surface area (Å²) in [5, 5.41) is 2.97. The van der Waals surface area contributed by atoms with Gasteiger partial charge in [0.2, 0.25) is 5.91 Å². The van der Waals surface area contributed by atoms with Crippen molar-refractivity contribution in [2.75, 3.05) is 20.6 Å². The molecular weight excluding hydrogens is 343 g/mol. The van der Waals surface area contributed by atoms with E-state index in [0.29, 0.717) is 12.1 Å². The molecule has 5 nitrogen and oxygen atoms in total. The summed E-state index contributed by atoms with van der Waals surface area (Å²) in [4.78, 5) is 19.1. The number of para-hydroxylation sites is 2. The van der Waals surface area contributed by atoms with Gasteiger partial charge in [-0.05, 0) is 50.3 Å². The monoisotopic (exact) mass is 368 g/mol. The second-order valence-electron chi connectivity index (χ2n) is 6.89. The number of carbonyl (C=O) groups is 1. The maximum Gasteiger partial charge on any atom is 0.241 e. The third kappa shape index (κ3) is 4.34. The molecule has 3 rings (SSSR count). The Kier molecular flexibility index (Phi) is 5.86. The predicted octanol–water partition coefficient (Wildman–Crippen LogP) is 3.06. The quantitative estimate of drug-likeness (QED) is 0.652. The Balaban J connectivity index is 1.58. The van der Waals surface area contributed by atoms with Crippen molar-refractivity contribution in [3.63, 3.8) is 0 Å².